The molecule has 0 aliphatic heterocycles. The van der Waals surface area contributed by atoms with Crippen LogP contribution in [0.1, 0.15) is 35.2 Å². The zero-order valence-corrected chi connectivity index (χ0v) is 11.4. The van der Waals surface area contributed by atoms with Crippen LogP contribution in [-0.2, 0) is 6.42 Å². The van der Waals surface area contributed by atoms with Gasteiger partial charge in [-0.3, -0.25) is 4.98 Å². The number of hydrogen-bond donors (Lipinski definition) is 2. The van der Waals surface area contributed by atoms with Crippen LogP contribution in [0.4, 0.5) is 0 Å². The van der Waals surface area contributed by atoms with Crippen molar-refractivity contribution in [1.82, 2.24) is 4.98 Å². The molecule has 0 radical (unpaired) electrons. The van der Waals surface area contributed by atoms with Gasteiger partial charge in [-0.15, -0.1) is 0 Å². The number of phenols is 2. The van der Waals surface area contributed by atoms with Gasteiger partial charge >= 0.3 is 0 Å². The first kappa shape index (κ1) is 12.7. The molecule has 20 heavy (non-hydrogen) atoms. The molecule has 0 saturated heterocycles. The average molecular weight is 267 g/mol. The topological polar surface area (TPSA) is 53.4 Å². The SMILES string of the molecule is Cc1cnc2c(c1)CCC/C2=C/c1ccc(O)c(O)c1. The highest BCUT2D eigenvalue weighted by molar-refractivity contribution is 5.82. The van der Waals surface area contributed by atoms with Crippen molar-refractivity contribution in [2.45, 2.75) is 26.2 Å². The molecule has 0 unspecified atom stereocenters. The second-order valence-electron chi connectivity index (χ2n) is 5.29. The van der Waals surface area contributed by atoms with Crippen LogP contribution in [0.15, 0.2) is 30.5 Å². The summed E-state index contributed by atoms with van der Waals surface area (Å²) in [6.45, 7) is 2.06. The van der Waals surface area contributed by atoms with Crippen molar-refractivity contribution in [1.29, 1.82) is 0 Å². The zero-order valence-electron chi connectivity index (χ0n) is 11.4. The summed E-state index contributed by atoms with van der Waals surface area (Å²) in [6, 6.07) is 7.08. The van der Waals surface area contributed by atoms with Crippen molar-refractivity contribution in [2.75, 3.05) is 0 Å². The van der Waals surface area contributed by atoms with Crippen LogP contribution in [0.25, 0.3) is 11.6 Å². The summed E-state index contributed by atoms with van der Waals surface area (Å²) in [7, 11) is 0. The van der Waals surface area contributed by atoms with Crippen LogP contribution in [0.5, 0.6) is 11.5 Å². The number of hydrogen-bond acceptors (Lipinski definition) is 3. The number of rotatable bonds is 1. The Morgan fingerprint density at radius 3 is 2.75 bits per heavy atom. The maximum Gasteiger partial charge on any atom is 0.157 e. The van der Waals surface area contributed by atoms with Crippen molar-refractivity contribution < 1.29 is 10.2 Å². The number of aromatic hydroxyl groups is 2. The molecule has 3 rings (SSSR count). The first-order valence-corrected chi connectivity index (χ1v) is 6.82. The highest BCUT2D eigenvalue weighted by atomic mass is 16.3. The molecule has 1 aliphatic carbocycles. The van der Waals surface area contributed by atoms with Crippen LogP contribution in [-0.4, -0.2) is 15.2 Å². The molecule has 0 spiro atoms. The Labute approximate surface area is 118 Å². The van der Waals surface area contributed by atoms with Gasteiger partial charge in [0.2, 0.25) is 0 Å². The Bertz CT molecular complexity index is 689. The molecule has 102 valence electrons. The lowest BCUT2D eigenvalue weighted by Gasteiger charge is -2.18. The molecule has 0 amide bonds. The average Bonchev–Trinajstić information content (AvgIpc) is 2.43. The van der Waals surface area contributed by atoms with E-state index in [1.807, 2.05) is 12.3 Å². The minimum atomic E-state index is -0.0926. The van der Waals surface area contributed by atoms with Gasteiger partial charge in [0.25, 0.3) is 0 Å². The van der Waals surface area contributed by atoms with E-state index in [4.69, 9.17) is 0 Å². The summed E-state index contributed by atoms with van der Waals surface area (Å²) in [5, 5.41) is 18.9. The van der Waals surface area contributed by atoms with Gasteiger partial charge in [0.05, 0.1) is 5.69 Å². The van der Waals surface area contributed by atoms with Gasteiger partial charge in [-0.2, -0.15) is 0 Å². The minimum absolute atomic E-state index is 0.0905. The summed E-state index contributed by atoms with van der Waals surface area (Å²) in [5.41, 5.74) is 5.62. The van der Waals surface area contributed by atoms with Gasteiger partial charge in [-0.05, 0) is 66.7 Å². The van der Waals surface area contributed by atoms with Crippen molar-refractivity contribution in [3.63, 3.8) is 0 Å². The molecular weight excluding hydrogens is 250 g/mol. The Kier molecular flexibility index (Phi) is 3.18. The van der Waals surface area contributed by atoms with Gasteiger partial charge < -0.3 is 10.2 Å². The fourth-order valence-corrected chi connectivity index (χ4v) is 2.67. The smallest absolute Gasteiger partial charge is 0.157 e. The second-order valence-corrected chi connectivity index (χ2v) is 5.29. The van der Waals surface area contributed by atoms with Crippen LogP contribution < -0.4 is 0 Å². The van der Waals surface area contributed by atoms with Crippen molar-refractivity contribution in [3.8, 4) is 11.5 Å². The second kappa shape index (κ2) is 5.00. The monoisotopic (exact) mass is 267 g/mol. The van der Waals surface area contributed by atoms with Gasteiger partial charge in [-0.1, -0.05) is 12.1 Å². The molecule has 0 atom stereocenters. The number of allylic oxidation sites excluding steroid dienone is 1. The number of pyridine rings is 1. The predicted molar refractivity (Wildman–Crippen MR) is 79.6 cm³/mol. The van der Waals surface area contributed by atoms with E-state index in [2.05, 4.69) is 18.0 Å². The van der Waals surface area contributed by atoms with E-state index in [1.165, 1.54) is 22.8 Å². The van der Waals surface area contributed by atoms with E-state index in [0.717, 1.165) is 30.5 Å². The molecule has 1 aliphatic rings. The third-order valence-corrected chi connectivity index (χ3v) is 3.64. The summed E-state index contributed by atoms with van der Waals surface area (Å²) < 4.78 is 0. The molecule has 1 heterocycles. The minimum Gasteiger partial charge on any atom is -0.504 e. The molecule has 2 aromatic rings. The number of fused-ring (bicyclic) bond motifs is 1. The molecule has 0 saturated carbocycles. The highest BCUT2D eigenvalue weighted by Gasteiger charge is 2.15. The normalized spacial score (nSPS) is 16.1. The maximum absolute atomic E-state index is 9.57. The largest absolute Gasteiger partial charge is 0.504 e. The number of aryl methyl sites for hydroxylation is 2. The summed E-state index contributed by atoms with van der Waals surface area (Å²) in [6.07, 6.45) is 7.12. The molecule has 0 fully saturated rings. The molecular formula is C17H17NO2. The third kappa shape index (κ3) is 2.39. The molecule has 3 nitrogen and oxygen atoms in total. The van der Waals surface area contributed by atoms with E-state index in [-0.39, 0.29) is 11.5 Å². The Hall–Kier alpha value is -2.29. The lowest BCUT2D eigenvalue weighted by atomic mass is 9.89. The fourth-order valence-electron chi connectivity index (χ4n) is 2.67. The zero-order chi connectivity index (χ0) is 14.1. The van der Waals surface area contributed by atoms with E-state index in [1.54, 1.807) is 12.1 Å². The highest BCUT2D eigenvalue weighted by Crippen LogP contribution is 2.32. The van der Waals surface area contributed by atoms with Crippen molar-refractivity contribution in [3.05, 3.63) is 52.8 Å². The Morgan fingerprint density at radius 1 is 1.10 bits per heavy atom. The lowest BCUT2D eigenvalue weighted by molar-refractivity contribution is 0.403. The van der Waals surface area contributed by atoms with E-state index < -0.39 is 0 Å². The molecule has 1 aromatic heterocycles. The number of aromatic nitrogens is 1. The van der Waals surface area contributed by atoms with Crippen LogP contribution in [0.3, 0.4) is 0 Å². The van der Waals surface area contributed by atoms with Crippen LogP contribution >= 0.6 is 0 Å². The third-order valence-electron chi connectivity index (χ3n) is 3.64. The van der Waals surface area contributed by atoms with Gasteiger partial charge in [0, 0.05) is 6.20 Å². The number of benzene rings is 1. The van der Waals surface area contributed by atoms with E-state index >= 15 is 0 Å². The summed E-state index contributed by atoms with van der Waals surface area (Å²) in [5.74, 6) is -0.183. The Balaban J connectivity index is 2.03. The van der Waals surface area contributed by atoms with Gasteiger partial charge in [-0.25, -0.2) is 0 Å². The van der Waals surface area contributed by atoms with Gasteiger partial charge in [0.1, 0.15) is 0 Å². The van der Waals surface area contributed by atoms with Crippen molar-refractivity contribution in [2.24, 2.45) is 0 Å². The Morgan fingerprint density at radius 2 is 1.95 bits per heavy atom. The lowest BCUT2D eigenvalue weighted by Crippen LogP contribution is -2.04. The quantitative estimate of drug-likeness (QED) is 0.775. The number of phenolic OH excluding ortho intramolecular Hbond substituents is 2. The molecule has 1 aromatic carbocycles. The predicted octanol–water partition coefficient (Wildman–Crippen LogP) is 3.68. The standard InChI is InChI=1S/C17H17NO2/c1-11-7-13-3-2-4-14(17(13)18-10-11)8-12-5-6-15(19)16(20)9-12/h5-10,19-20H,2-4H2,1H3/b14-8-. The van der Waals surface area contributed by atoms with Gasteiger partial charge in [0.15, 0.2) is 11.5 Å². The summed E-state index contributed by atoms with van der Waals surface area (Å²) >= 11 is 0. The summed E-state index contributed by atoms with van der Waals surface area (Å²) in [4.78, 5) is 4.56. The van der Waals surface area contributed by atoms with E-state index in [0.29, 0.717) is 0 Å². The number of nitrogens with zero attached hydrogens (tertiary/aromatic N) is 1. The fraction of sp³-hybridized carbons (Fsp3) is 0.235. The molecule has 3 heteroatoms. The maximum atomic E-state index is 9.57. The van der Waals surface area contributed by atoms with Crippen molar-refractivity contribution >= 4 is 11.6 Å². The van der Waals surface area contributed by atoms with E-state index in [9.17, 15) is 10.2 Å². The molecule has 0 bridgehead atoms. The van der Waals surface area contributed by atoms with Crippen LogP contribution in [0, 0.1) is 6.92 Å². The first-order valence-electron chi connectivity index (χ1n) is 6.82. The molecule has 2 N–H and O–H groups in total. The first-order chi connectivity index (χ1) is 9.63. The van der Waals surface area contributed by atoms with Crippen LogP contribution in [0.2, 0.25) is 0 Å².